The van der Waals surface area contributed by atoms with E-state index in [0.29, 0.717) is 37.7 Å². The number of nitrogens with one attached hydrogen (secondary N) is 21. The van der Waals surface area contributed by atoms with Crippen LogP contribution in [0.2, 0.25) is 0 Å². The van der Waals surface area contributed by atoms with E-state index >= 15 is 4.79 Å². The third kappa shape index (κ3) is 44.5. The third-order valence-corrected chi connectivity index (χ3v) is 23.7. The van der Waals surface area contributed by atoms with E-state index in [9.17, 15) is 96.8 Å². The van der Waals surface area contributed by atoms with Gasteiger partial charge in [-0.05, 0) is 166 Å². The maximum Gasteiger partial charge on any atom is 0.326 e. The number of benzene rings is 1. The van der Waals surface area contributed by atoms with E-state index in [1.807, 2.05) is 6.92 Å². The smallest absolute Gasteiger partial charge is 0.326 e. The number of aromatic hydroxyl groups is 1. The maximum atomic E-state index is 15.1. The Morgan fingerprint density at radius 2 is 0.814 bits per heavy atom. The second-order valence-electron chi connectivity index (χ2n) is 35.5. The summed E-state index contributed by atoms with van der Waals surface area (Å²) in [7, 11) is 0. The monoisotopic (exact) mass is 2020 g/mol. The summed E-state index contributed by atoms with van der Waals surface area (Å²) in [4.78, 5) is 256. The molecule has 53 heteroatoms. The number of aliphatic carboxylic acids is 1. The Morgan fingerprint density at radius 1 is 0.443 bits per heavy atom. The lowest BCUT2D eigenvalue weighted by molar-refractivity contribution is -0.143. The van der Waals surface area contributed by atoms with Crippen LogP contribution in [0.25, 0.3) is 0 Å². The van der Waals surface area contributed by atoms with Crippen LogP contribution >= 0.6 is 25.3 Å². The number of carboxylic acid groups (broad SMARTS) is 1. The molecule has 1 aromatic carbocycles. The number of guanidine groups is 3. The summed E-state index contributed by atoms with van der Waals surface area (Å²) in [5.74, 6) is -21.5. The fraction of sp³-hybridized carbons (Fsp3) is 0.690. The second kappa shape index (κ2) is 64.2. The molecule has 2 rings (SSSR count). The molecule has 0 aromatic heterocycles. The van der Waals surface area contributed by atoms with Crippen molar-refractivity contribution in [2.75, 3.05) is 58.1 Å². The largest absolute Gasteiger partial charge is 0.508 e. The van der Waals surface area contributed by atoms with Gasteiger partial charge >= 0.3 is 5.97 Å². The molecule has 0 saturated carbocycles. The molecule has 19 atom stereocenters. The zero-order valence-electron chi connectivity index (χ0n) is 81.5. The van der Waals surface area contributed by atoms with Gasteiger partial charge in [0.05, 0.1) is 19.1 Å². The van der Waals surface area contributed by atoms with Crippen molar-refractivity contribution in [2.45, 2.75) is 305 Å². The zero-order valence-corrected chi connectivity index (χ0v) is 83.3. The van der Waals surface area contributed by atoms with E-state index in [-0.39, 0.29) is 154 Å². The second-order valence-corrected chi connectivity index (χ2v) is 37.0. The average molecular weight is 2020 g/mol. The molecule has 0 spiro atoms. The predicted octanol–water partition coefficient (Wildman–Crippen LogP) is -8.31. The number of likely N-dealkylation sites (tertiary alicyclic amines) is 1. The number of carbonyl (C=O) groups excluding carboxylic acids is 17. The minimum Gasteiger partial charge on any atom is -0.508 e. The van der Waals surface area contributed by atoms with Crippen molar-refractivity contribution >= 4 is 150 Å². The Balaban J connectivity index is 2.64. The number of unbranched alkanes of at least 4 members (excludes halogenated alkanes) is 2. The molecule has 0 unspecified atom stereocenters. The summed E-state index contributed by atoms with van der Waals surface area (Å²) in [6.07, 6.45) is -1.87. The summed E-state index contributed by atoms with van der Waals surface area (Å²) in [5.41, 5.74) is 45.8. The molecule has 17 amide bonds. The highest BCUT2D eigenvalue weighted by molar-refractivity contribution is 7.81. The van der Waals surface area contributed by atoms with Crippen molar-refractivity contribution in [3.05, 3.63) is 29.8 Å². The van der Waals surface area contributed by atoms with Gasteiger partial charge in [-0.1, -0.05) is 86.3 Å². The Labute approximate surface area is 826 Å². The molecule has 51 nitrogen and oxygen atoms in total. The molecular formula is C87H154N30O21S2. The molecule has 140 heavy (non-hydrogen) atoms. The number of nitrogens with zero attached hydrogens (tertiary/aromatic N) is 1. The van der Waals surface area contributed by atoms with Gasteiger partial charge in [-0.2, -0.15) is 25.3 Å². The molecule has 1 aliphatic heterocycles. The number of carbonyl (C=O) groups is 18. The van der Waals surface area contributed by atoms with Crippen LogP contribution in [0, 0.1) is 34.0 Å². The average Bonchev–Trinajstić information content (AvgIpc) is 1.58. The van der Waals surface area contributed by atoms with Gasteiger partial charge in [0, 0.05) is 43.1 Å². The van der Waals surface area contributed by atoms with Crippen LogP contribution < -0.4 is 142 Å². The van der Waals surface area contributed by atoms with Crippen LogP contribution in [-0.4, -0.2) is 310 Å². The van der Waals surface area contributed by atoms with Gasteiger partial charge in [-0.15, -0.1) is 0 Å². The predicted molar refractivity (Wildman–Crippen MR) is 526 cm³/mol. The lowest BCUT2D eigenvalue weighted by atomic mass is 9.94. The number of aliphatic hydroxyl groups excluding tert-OH is 1. The number of aliphatic hydroxyl groups is 1. The van der Waals surface area contributed by atoms with Crippen LogP contribution in [0.15, 0.2) is 24.3 Å². The molecule has 40 N–H and O–H groups in total. The van der Waals surface area contributed by atoms with Gasteiger partial charge in [0.1, 0.15) is 102 Å². The number of rotatable bonds is 67. The number of phenolic OH excluding ortho intramolecular Hbond substituents is 1. The van der Waals surface area contributed by atoms with Crippen molar-refractivity contribution in [2.24, 2.45) is 63.6 Å². The van der Waals surface area contributed by atoms with E-state index < -0.39 is 256 Å². The minimum atomic E-state index is -2.01. The lowest BCUT2D eigenvalue weighted by Gasteiger charge is -2.34. The van der Waals surface area contributed by atoms with Gasteiger partial charge in [0.15, 0.2) is 17.9 Å². The van der Waals surface area contributed by atoms with Crippen molar-refractivity contribution in [1.82, 2.24) is 101 Å². The Hall–Kier alpha value is -12.2. The molecule has 0 aliphatic carbocycles. The summed E-state index contributed by atoms with van der Waals surface area (Å²) < 4.78 is -1.62. The first kappa shape index (κ1) is 124. The van der Waals surface area contributed by atoms with Gasteiger partial charge in [-0.25, -0.2) is 4.79 Å². The van der Waals surface area contributed by atoms with E-state index in [2.05, 4.69) is 121 Å². The van der Waals surface area contributed by atoms with Crippen molar-refractivity contribution in [3.8, 4) is 5.75 Å². The summed E-state index contributed by atoms with van der Waals surface area (Å²) in [5, 5.41) is 100. The minimum absolute atomic E-state index is 0.0740. The van der Waals surface area contributed by atoms with Gasteiger partial charge in [0.25, 0.3) is 0 Å². The zero-order chi connectivity index (χ0) is 106. The molecule has 1 aliphatic rings. The highest BCUT2D eigenvalue weighted by Gasteiger charge is 2.45. The van der Waals surface area contributed by atoms with Gasteiger partial charge < -0.3 is 162 Å². The molecule has 1 heterocycles. The van der Waals surface area contributed by atoms with Gasteiger partial charge in [0.2, 0.25) is 100 Å². The van der Waals surface area contributed by atoms with Crippen LogP contribution in [0.4, 0.5) is 0 Å². The highest BCUT2D eigenvalue weighted by Crippen LogP contribution is 2.25. The molecule has 790 valence electrons. The molecule has 0 radical (unpaired) electrons. The van der Waals surface area contributed by atoms with Crippen LogP contribution in [0.5, 0.6) is 5.75 Å². The lowest BCUT2D eigenvalue weighted by Crippen LogP contribution is -2.64. The number of primary amides is 1. The molecule has 1 aromatic rings. The van der Waals surface area contributed by atoms with E-state index in [4.69, 9.17) is 62.1 Å². The van der Waals surface area contributed by atoms with Gasteiger partial charge in [-0.3, -0.25) is 97.7 Å². The van der Waals surface area contributed by atoms with E-state index in [1.54, 1.807) is 41.5 Å². The van der Waals surface area contributed by atoms with Crippen LogP contribution in [0.1, 0.15) is 197 Å². The molecular weight excluding hydrogens is 1870 g/mol. The number of thiol groups is 2. The van der Waals surface area contributed by atoms with Crippen molar-refractivity contribution in [1.29, 1.82) is 16.2 Å². The first-order chi connectivity index (χ1) is 65.9. The topological polar surface area (TPSA) is 867 Å². The first-order valence-corrected chi connectivity index (χ1v) is 48.2. The van der Waals surface area contributed by atoms with E-state index in [1.165, 1.54) is 43.0 Å². The quantitative estimate of drug-likeness (QED) is 0.0125. The third-order valence-electron chi connectivity index (χ3n) is 23.1. The number of amides is 17. The number of nitrogens with two attached hydrogens (primary N) is 8. The number of carboxylic acids is 1. The highest BCUT2D eigenvalue weighted by atomic mass is 32.1. The molecule has 1 fully saturated rings. The van der Waals surface area contributed by atoms with Crippen LogP contribution in [-0.2, 0) is 92.7 Å². The van der Waals surface area contributed by atoms with Crippen molar-refractivity contribution < 1.29 is 102 Å². The SMILES string of the molecule is CCCC[C@H](NC(=O)[C@H](CCCNC(=N)N)NC(=O)[C@H](CCN)NC(=O)[C@H](CS)NC(=O)[C@H](CCCCN)NC(=O)[C@@H](CCN)NC(=O)[C@@H](NC(=O)[C@H](CCCNC(=N)N)NC(=O)[C@H](CCCNC(=N)N)NC(=O)[C@H](CC(N)=O)NC(=O)[C@@H](NC(=O)[C@H](Cc1ccc(O)cc1)NC(=O)[C@@H](NC(=O)[C@@H](NC(=O)[C@@H]1CCCN1C(=O)[C@@H](NC(=O)CN)C(C)C)[C@@H](C)CC)[C@@H](C)CC)C(C)(C)S)[C@@H](C)O)C(=O)O. The first-order valence-electron chi connectivity index (χ1n) is 47.1. The number of hydrogen-bond donors (Lipinski definition) is 34. The van der Waals surface area contributed by atoms with E-state index in [0.717, 1.165) is 6.92 Å². The Morgan fingerprint density at radius 3 is 1.21 bits per heavy atom. The Bertz CT molecular complexity index is 4310. The Kier molecular flexibility index (Phi) is 56.8. The number of hydrogen-bond acceptors (Lipinski definition) is 29. The summed E-state index contributed by atoms with van der Waals surface area (Å²) in [6.45, 7) is 15.2. The fourth-order valence-corrected chi connectivity index (χ4v) is 15.1. The summed E-state index contributed by atoms with van der Waals surface area (Å²) >= 11 is 8.93. The number of phenols is 1. The van der Waals surface area contributed by atoms with Crippen molar-refractivity contribution in [3.63, 3.8) is 0 Å². The maximum absolute atomic E-state index is 15.1. The molecule has 1 saturated heterocycles. The summed E-state index contributed by atoms with van der Waals surface area (Å²) in [6, 6.07) is -19.1. The standard InChI is InChI=1S/C87H154N30O21S2/c1-11-14-21-56(83(137)138)108-69(123)52(24-18-37-100-85(95)96)103-71(125)54(31-34-89)106-76(130)59(43-139)111-70(124)50(22-15-16-33-88)102-72(126)55(32-35-90)107-80(134)66(47(8)118)115-73(127)53(25-19-38-101-86(97)98)104-68(122)51(23-17-36-99-84(93)94)105-74(128)58(41-61(92)120)110-81(135)67(87(9,10)140)116-75(129)57(40-48-27-29-49(119)30-28-48)109-78(132)64(45(6)12-2)114-79(133)65(46(7)13-3)113-77(131)60-26-20-39-117(60)82(136)63(44(4)5)112-62(121)42-91/h27-30,44-47,50-60,63-67,118-119,139-140H,11-26,31-43,88-91H2,1-10H3,(H2,92,120)(H,102,126)(H,103,125)(H,104,122)(H,105,128)(H,106,130)(H,107,134)(H,108,123)(H,109,132)(H,110,135)(H,111,124)(H,112,121)(H,113,131)(H,114,133)(H,115,127)(H,116,129)(H,137,138)(H4,93,94,99)(H4,95,96,100)(H4,97,98,101)/t45-,46-,47+,50-,51-,52-,53-,54-,55+,56-,57-,58-,59-,60-,63-,64-,65-,66-,67+/m0/s1. The normalized spacial score (nSPS) is 16.2. The fourth-order valence-electron chi connectivity index (χ4n) is 14.6. The van der Waals surface area contributed by atoms with Crippen LogP contribution in [0.3, 0.4) is 0 Å². The molecule has 0 bridgehead atoms.